The van der Waals surface area contributed by atoms with E-state index in [-0.39, 0.29) is 18.8 Å². The van der Waals surface area contributed by atoms with Crippen LogP contribution in [0.15, 0.2) is 0 Å². The summed E-state index contributed by atoms with van der Waals surface area (Å²) >= 11 is 0. The van der Waals surface area contributed by atoms with Gasteiger partial charge in [0, 0.05) is 25.6 Å². The molecule has 3 saturated heterocycles. The molecule has 0 radical (unpaired) electrons. The maximum atomic E-state index is 11.1. The smallest absolute Gasteiger partial charge is 0.187 e. The second-order valence-electron chi connectivity index (χ2n) is 12.7. The van der Waals surface area contributed by atoms with Crippen LogP contribution >= 0.6 is 0 Å². The van der Waals surface area contributed by atoms with Crippen LogP contribution in [0.1, 0.15) is 40.0 Å². The largest absolute Gasteiger partial charge is 0.396 e. The number of ether oxygens (including phenoxy) is 7. The van der Waals surface area contributed by atoms with E-state index in [1.807, 2.05) is 6.92 Å². The number of aliphatic hydroxyl groups is 10. The van der Waals surface area contributed by atoms with Crippen molar-refractivity contribution >= 4 is 0 Å². The van der Waals surface area contributed by atoms with Crippen molar-refractivity contribution in [3.63, 3.8) is 0 Å². The minimum absolute atomic E-state index is 0.0730. The lowest BCUT2D eigenvalue weighted by Crippen LogP contribution is -2.65. The molecule has 3 heterocycles. The lowest BCUT2D eigenvalue weighted by atomic mass is 9.80. The van der Waals surface area contributed by atoms with Crippen LogP contribution in [0.2, 0.25) is 0 Å². The molecule has 20 atom stereocenters. The SMILES string of the molecule is CCC1OC(OC2C(CO)CC(OC3C(CC)OC(OC4C(CO)OC(OC)C(O)C4O)C(O)C3O)C(O)C2O)C(O)C(O)C1C. The van der Waals surface area contributed by atoms with E-state index < -0.39 is 130 Å². The van der Waals surface area contributed by atoms with Gasteiger partial charge in [0.05, 0.1) is 37.1 Å². The maximum absolute atomic E-state index is 11.1. The fraction of sp³-hybridized carbons (Fsp3) is 1.00. The summed E-state index contributed by atoms with van der Waals surface area (Å²) < 4.78 is 39.8. The summed E-state index contributed by atoms with van der Waals surface area (Å²) in [5.41, 5.74) is 0. The first-order valence-corrected chi connectivity index (χ1v) is 15.9. The van der Waals surface area contributed by atoms with Crippen LogP contribution in [-0.4, -0.2) is 182 Å². The highest BCUT2D eigenvalue weighted by Gasteiger charge is 2.54. The van der Waals surface area contributed by atoms with Crippen LogP contribution in [0.25, 0.3) is 0 Å². The standard InChI is InChI=1S/C29H52O17/c1-5-12-10(3)16(32)21(37)28(42-12)45-24-11(8-30)7-14(17(33)18(24)34)41-25-13(6-2)43-29(23(39)20(25)36)46-26-15(9-31)44-27(40-4)22(38)19(26)35/h10-39H,5-9H2,1-4H3. The molecule has 0 aromatic rings. The third-order valence-corrected chi connectivity index (χ3v) is 9.78. The van der Waals surface area contributed by atoms with Gasteiger partial charge in [-0.1, -0.05) is 20.8 Å². The zero-order valence-electron chi connectivity index (χ0n) is 26.4. The minimum Gasteiger partial charge on any atom is -0.396 e. The molecule has 46 heavy (non-hydrogen) atoms. The lowest BCUT2D eigenvalue weighted by molar-refractivity contribution is -0.363. The number of aliphatic hydroxyl groups excluding tert-OH is 10. The second kappa shape index (κ2) is 16.4. The predicted octanol–water partition coefficient (Wildman–Crippen LogP) is -4.32. The van der Waals surface area contributed by atoms with Crippen LogP contribution in [0, 0.1) is 11.8 Å². The Morgan fingerprint density at radius 3 is 1.57 bits per heavy atom. The van der Waals surface area contributed by atoms with Gasteiger partial charge in [-0.2, -0.15) is 0 Å². The summed E-state index contributed by atoms with van der Waals surface area (Å²) in [6, 6.07) is 0. The van der Waals surface area contributed by atoms with E-state index in [1.165, 1.54) is 7.11 Å². The van der Waals surface area contributed by atoms with Crippen molar-refractivity contribution in [3.05, 3.63) is 0 Å². The molecule has 0 amide bonds. The van der Waals surface area contributed by atoms with Gasteiger partial charge < -0.3 is 84.2 Å². The fourth-order valence-corrected chi connectivity index (χ4v) is 6.86. The van der Waals surface area contributed by atoms with E-state index in [0.717, 1.165) is 0 Å². The molecule has 1 saturated carbocycles. The Hall–Kier alpha value is -0.680. The van der Waals surface area contributed by atoms with Crippen molar-refractivity contribution in [3.8, 4) is 0 Å². The quantitative estimate of drug-likeness (QED) is 0.0994. The maximum Gasteiger partial charge on any atom is 0.187 e. The lowest BCUT2D eigenvalue weighted by Gasteiger charge is -2.49. The zero-order valence-corrected chi connectivity index (χ0v) is 26.4. The summed E-state index contributed by atoms with van der Waals surface area (Å²) in [5, 5.41) is 106. The molecule has 20 unspecified atom stereocenters. The summed E-state index contributed by atoms with van der Waals surface area (Å²) in [7, 11) is 1.24. The van der Waals surface area contributed by atoms with Gasteiger partial charge in [-0.05, 0) is 19.3 Å². The molecular weight excluding hydrogens is 620 g/mol. The van der Waals surface area contributed by atoms with Crippen LogP contribution in [-0.2, 0) is 33.2 Å². The van der Waals surface area contributed by atoms with E-state index >= 15 is 0 Å². The monoisotopic (exact) mass is 672 g/mol. The van der Waals surface area contributed by atoms with Crippen LogP contribution < -0.4 is 0 Å². The van der Waals surface area contributed by atoms with Crippen molar-refractivity contribution < 1.29 is 84.2 Å². The fourth-order valence-electron chi connectivity index (χ4n) is 6.86. The molecule has 0 aromatic carbocycles. The van der Waals surface area contributed by atoms with Gasteiger partial charge in [0.2, 0.25) is 0 Å². The van der Waals surface area contributed by atoms with Gasteiger partial charge in [0.25, 0.3) is 0 Å². The van der Waals surface area contributed by atoms with Crippen molar-refractivity contribution in [2.45, 2.75) is 150 Å². The molecule has 10 N–H and O–H groups in total. The Kier molecular flexibility index (Phi) is 13.6. The zero-order chi connectivity index (χ0) is 34.0. The number of hydrogen-bond donors (Lipinski definition) is 10. The molecule has 0 aromatic heterocycles. The van der Waals surface area contributed by atoms with E-state index in [0.29, 0.717) is 6.42 Å². The van der Waals surface area contributed by atoms with Gasteiger partial charge in [-0.25, -0.2) is 0 Å². The molecule has 3 aliphatic heterocycles. The van der Waals surface area contributed by atoms with Crippen LogP contribution in [0.5, 0.6) is 0 Å². The highest BCUT2D eigenvalue weighted by Crippen LogP contribution is 2.37. The average molecular weight is 673 g/mol. The molecule has 4 fully saturated rings. The molecule has 4 aliphatic rings. The number of methoxy groups -OCH3 is 1. The van der Waals surface area contributed by atoms with Gasteiger partial charge >= 0.3 is 0 Å². The Bertz CT molecular complexity index is 924. The molecule has 0 bridgehead atoms. The number of rotatable bonds is 11. The Labute approximate surface area is 267 Å². The van der Waals surface area contributed by atoms with Gasteiger partial charge in [0.15, 0.2) is 18.9 Å². The second-order valence-corrected chi connectivity index (χ2v) is 12.7. The molecular formula is C29H52O17. The Morgan fingerprint density at radius 1 is 0.543 bits per heavy atom. The Balaban J connectivity index is 1.43. The highest BCUT2D eigenvalue weighted by molar-refractivity contribution is 4.99. The van der Waals surface area contributed by atoms with Crippen molar-refractivity contribution in [2.75, 3.05) is 20.3 Å². The minimum atomic E-state index is -1.77. The summed E-state index contributed by atoms with van der Waals surface area (Å²) in [5.74, 6) is -1.21. The normalized spacial score (nSPS) is 52.0. The first-order chi connectivity index (χ1) is 21.8. The van der Waals surface area contributed by atoms with E-state index in [4.69, 9.17) is 33.2 Å². The van der Waals surface area contributed by atoms with E-state index in [1.54, 1.807) is 13.8 Å². The topological polar surface area (TPSA) is 267 Å². The summed E-state index contributed by atoms with van der Waals surface area (Å²) in [4.78, 5) is 0. The molecule has 1 aliphatic carbocycles. The summed E-state index contributed by atoms with van der Waals surface area (Å²) in [6.07, 6.45) is -23.5. The highest BCUT2D eigenvalue weighted by atomic mass is 16.7. The number of hydrogen-bond acceptors (Lipinski definition) is 17. The van der Waals surface area contributed by atoms with Crippen molar-refractivity contribution in [1.29, 1.82) is 0 Å². The Morgan fingerprint density at radius 2 is 1.02 bits per heavy atom. The molecule has 4 rings (SSSR count). The van der Waals surface area contributed by atoms with Crippen LogP contribution in [0.3, 0.4) is 0 Å². The predicted molar refractivity (Wildman–Crippen MR) is 151 cm³/mol. The first-order valence-electron chi connectivity index (χ1n) is 15.9. The van der Waals surface area contributed by atoms with Gasteiger partial charge in [-0.15, -0.1) is 0 Å². The van der Waals surface area contributed by atoms with Crippen LogP contribution in [0.4, 0.5) is 0 Å². The average Bonchev–Trinajstić information content (AvgIpc) is 3.05. The third kappa shape index (κ3) is 7.56. The van der Waals surface area contributed by atoms with Gasteiger partial charge in [-0.3, -0.25) is 0 Å². The first kappa shape index (κ1) is 38.1. The third-order valence-electron chi connectivity index (χ3n) is 9.78. The molecule has 0 spiro atoms. The summed E-state index contributed by atoms with van der Waals surface area (Å²) in [6.45, 7) is 4.13. The molecule has 17 nitrogen and oxygen atoms in total. The van der Waals surface area contributed by atoms with E-state index in [2.05, 4.69) is 0 Å². The van der Waals surface area contributed by atoms with E-state index in [9.17, 15) is 51.1 Å². The molecule has 270 valence electrons. The van der Waals surface area contributed by atoms with Crippen molar-refractivity contribution in [2.24, 2.45) is 11.8 Å². The van der Waals surface area contributed by atoms with Crippen molar-refractivity contribution in [1.82, 2.24) is 0 Å². The van der Waals surface area contributed by atoms with Gasteiger partial charge in [0.1, 0.15) is 61.0 Å². The molecule has 17 heteroatoms.